The summed E-state index contributed by atoms with van der Waals surface area (Å²) in [5.41, 5.74) is 1.19. The van der Waals surface area contributed by atoms with E-state index in [-0.39, 0.29) is 6.10 Å². The van der Waals surface area contributed by atoms with Crippen LogP contribution < -0.4 is 5.32 Å². The summed E-state index contributed by atoms with van der Waals surface area (Å²) in [6.45, 7) is 0.959. The van der Waals surface area contributed by atoms with E-state index in [1.165, 1.54) is 5.56 Å². The summed E-state index contributed by atoms with van der Waals surface area (Å²) < 4.78 is 5.37. The molecule has 1 rings (SSSR count). The van der Waals surface area contributed by atoms with E-state index in [9.17, 15) is 0 Å². The Morgan fingerprint density at radius 2 is 2.15 bits per heavy atom. The molecule has 1 atom stereocenters. The van der Waals surface area contributed by atoms with Gasteiger partial charge in [-0.3, -0.25) is 4.98 Å². The van der Waals surface area contributed by atoms with Crippen LogP contribution in [0.1, 0.15) is 18.1 Å². The van der Waals surface area contributed by atoms with Crippen molar-refractivity contribution >= 4 is 0 Å². The quantitative estimate of drug-likeness (QED) is 0.743. The van der Waals surface area contributed by atoms with Crippen molar-refractivity contribution in [3.8, 4) is 0 Å². The first-order chi connectivity index (χ1) is 6.38. The number of nitrogens with one attached hydrogen (secondary N) is 1. The molecular formula is C10H16N2O. The third kappa shape index (κ3) is 3.13. The molecule has 0 radical (unpaired) electrons. The molecule has 13 heavy (non-hydrogen) atoms. The van der Waals surface area contributed by atoms with Crippen molar-refractivity contribution in [3.63, 3.8) is 0 Å². The Bertz CT molecular complexity index is 226. The van der Waals surface area contributed by atoms with Crippen molar-refractivity contribution in [3.05, 3.63) is 30.1 Å². The van der Waals surface area contributed by atoms with E-state index < -0.39 is 0 Å². The monoisotopic (exact) mass is 180 g/mol. The number of hydrogen-bond donors (Lipinski definition) is 1. The molecule has 0 saturated heterocycles. The highest BCUT2D eigenvalue weighted by Gasteiger charge is 2.08. The van der Waals surface area contributed by atoms with Crippen LogP contribution in [-0.2, 0) is 4.74 Å². The fraction of sp³-hybridized carbons (Fsp3) is 0.500. The minimum atomic E-state index is 0.176. The van der Waals surface area contributed by atoms with Gasteiger partial charge in [-0.15, -0.1) is 0 Å². The van der Waals surface area contributed by atoms with Crippen molar-refractivity contribution < 1.29 is 4.74 Å². The van der Waals surface area contributed by atoms with E-state index >= 15 is 0 Å². The van der Waals surface area contributed by atoms with Gasteiger partial charge in [0.2, 0.25) is 0 Å². The summed E-state index contributed by atoms with van der Waals surface area (Å²) in [4.78, 5) is 3.97. The lowest BCUT2D eigenvalue weighted by Gasteiger charge is -2.14. The van der Waals surface area contributed by atoms with Crippen LogP contribution in [0.3, 0.4) is 0 Å². The number of ether oxygens (including phenoxy) is 1. The van der Waals surface area contributed by atoms with Crippen molar-refractivity contribution in [1.82, 2.24) is 10.3 Å². The fourth-order valence-corrected chi connectivity index (χ4v) is 1.27. The number of aromatic nitrogens is 1. The fourth-order valence-electron chi connectivity index (χ4n) is 1.27. The lowest BCUT2D eigenvalue weighted by molar-refractivity contribution is 0.0961. The van der Waals surface area contributed by atoms with Crippen LogP contribution in [-0.4, -0.2) is 25.7 Å². The molecule has 3 heteroatoms. The van der Waals surface area contributed by atoms with Crippen molar-refractivity contribution in [2.45, 2.75) is 12.5 Å². The largest absolute Gasteiger partial charge is 0.377 e. The van der Waals surface area contributed by atoms with Crippen LogP contribution in [0.15, 0.2) is 24.5 Å². The summed E-state index contributed by atoms with van der Waals surface area (Å²) in [5.74, 6) is 0. The first-order valence-electron chi connectivity index (χ1n) is 4.45. The van der Waals surface area contributed by atoms with Gasteiger partial charge in [0.25, 0.3) is 0 Å². The molecule has 0 aliphatic rings. The predicted octanol–water partition coefficient (Wildman–Crippen LogP) is 1.38. The third-order valence-electron chi connectivity index (χ3n) is 2.02. The van der Waals surface area contributed by atoms with Crippen LogP contribution in [0.25, 0.3) is 0 Å². The summed E-state index contributed by atoms with van der Waals surface area (Å²) in [6, 6.07) is 3.98. The normalized spacial score (nSPS) is 12.8. The molecule has 0 aromatic carbocycles. The average molecular weight is 180 g/mol. The van der Waals surface area contributed by atoms with Crippen LogP contribution in [0, 0.1) is 0 Å². The van der Waals surface area contributed by atoms with Gasteiger partial charge in [-0.2, -0.15) is 0 Å². The molecule has 72 valence electrons. The van der Waals surface area contributed by atoms with E-state index in [2.05, 4.69) is 10.3 Å². The van der Waals surface area contributed by atoms with E-state index in [1.54, 1.807) is 19.5 Å². The highest BCUT2D eigenvalue weighted by Crippen LogP contribution is 2.18. The summed E-state index contributed by atoms with van der Waals surface area (Å²) >= 11 is 0. The minimum absolute atomic E-state index is 0.176. The lowest BCUT2D eigenvalue weighted by Crippen LogP contribution is -2.13. The predicted molar refractivity (Wildman–Crippen MR) is 52.5 cm³/mol. The number of methoxy groups -OCH3 is 1. The van der Waals surface area contributed by atoms with Gasteiger partial charge in [0, 0.05) is 19.5 Å². The maximum absolute atomic E-state index is 5.37. The Balaban J connectivity index is 2.56. The van der Waals surface area contributed by atoms with Crippen LogP contribution in [0.5, 0.6) is 0 Å². The standard InChI is InChI=1S/C10H16N2O/c1-11-6-5-10(13-2)9-3-7-12-8-4-9/h3-4,7-8,10-11H,5-6H2,1-2H3. The van der Waals surface area contributed by atoms with Crippen LogP contribution in [0.4, 0.5) is 0 Å². The molecule has 0 spiro atoms. The summed E-state index contributed by atoms with van der Waals surface area (Å²) in [7, 11) is 3.68. The second kappa shape index (κ2) is 5.67. The van der Waals surface area contributed by atoms with Gasteiger partial charge in [-0.25, -0.2) is 0 Å². The summed E-state index contributed by atoms with van der Waals surface area (Å²) in [6.07, 6.45) is 4.74. The zero-order valence-corrected chi connectivity index (χ0v) is 8.16. The topological polar surface area (TPSA) is 34.1 Å². The van der Waals surface area contributed by atoms with Crippen LogP contribution >= 0.6 is 0 Å². The Labute approximate surface area is 79.1 Å². The number of hydrogen-bond acceptors (Lipinski definition) is 3. The number of pyridine rings is 1. The van der Waals surface area contributed by atoms with E-state index in [1.807, 2.05) is 19.2 Å². The first kappa shape index (κ1) is 10.2. The smallest absolute Gasteiger partial charge is 0.0834 e. The lowest BCUT2D eigenvalue weighted by atomic mass is 10.1. The van der Waals surface area contributed by atoms with Gasteiger partial charge in [0.05, 0.1) is 6.10 Å². The second-order valence-electron chi connectivity index (χ2n) is 2.90. The molecular weight excluding hydrogens is 164 g/mol. The molecule has 1 unspecified atom stereocenters. The maximum atomic E-state index is 5.37. The van der Waals surface area contributed by atoms with Crippen molar-refractivity contribution in [2.24, 2.45) is 0 Å². The molecule has 0 saturated carbocycles. The highest BCUT2D eigenvalue weighted by molar-refractivity contribution is 5.13. The second-order valence-corrected chi connectivity index (χ2v) is 2.90. The first-order valence-corrected chi connectivity index (χ1v) is 4.45. The molecule has 3 nitrogen and oxygen atoms in total. The van der Waals surface area contributed by atoms with Crippen LogP contribution in [0.2, 0.25) is 0 Å². The van der Waals surface area contributed by atoms with Gasteiger partial charge >= 0.3 is 0 Å². The Hall–Kier alpha value is -0.930. The summed E-state index contributed by atoms with van der Waals surface area (Å²) in [5, 5.41) is 3.11. The Morgan fingerprint density at radius 3 is 2.69 bits per heavy atom. The molecule has 0 aliphatic carbocycles. The SMILES string of the molecule is CNCCC(OC)c1ccncc1. The maximum Gasteiger partial charge on any atom is 0.0834 e. The van der Waals surface area contributed by atoms with Gasteiger partial charge in [0.1, 0.15) is 0 Å². The van der Waals surface area contributed by atoms with Crippen molar-refractivity contribution in [1.29, 1.82) is 0 Å². The Kier molecular flexibility index (Phi) is 4.43. The highest BCUT2D eigenvalue weighted by atomic mass is 16.5. The molecule has 1 aromatic rings. The molecule has 0 fully saturated rings. The third-order valence-corrected chi connectivity index (χ3v) is 2.02. The van der Waals surface area contributed by atoms with Crippen molar-refractivity contribution in [2.75, 3.05) is 20.7 Å². The Morgan fingerprint density at radius 1 is 1.46 bits per heavy atom. The van der Waals surface area contributed by atoms with E-state index in [4.69, 9.17) is 4.74 Å². The molecule has 0 amide bonds. The zero-order valence-electron chi connectivity index (χ0n) is 8.16. The minimum Gasteiger partial charge on any atom is -0.377 e. The molecule has 1 heterocycles. The van der Waals surface area contributed by atoms with Gasteiger partial charge in [-0.05, 0) is 37.7 Å². The zero-order chi connectivity index (χ0) is 9.52. The van der Waals surface area contributed by atoms with Gasteiger partial charge in [0.15, 0.2) is 0 Å². The number of rotatable bonds is 5. The molecule has 1 N–H and O–H groups in total. The van der Waals surface area contributed by atoms with Gasteiger partial charge in [-0.1, -0.05) is 0 Å². The molecule has 0 aliphatic heterocycles. The van der Waals surface area contributed by atoms with E-state index in [0.29, 0.717) is 0 Å². The molecule has 0 bridgehead atoms. The number of nitrogens with zero attached hydrogens (tertiary/aromatic N) is 1. The average Bonchev–Trinajstić information content (AvgIpc) is 2.21. The van der Waals surface area contributed by atoms with Gasteiger partial charge < -0.3 is 10.1 Å². The molecule has 1 aromatic heterocycles. The van der Waals surface area contributed by atoms with E-state index in [0.717, 1.165) is 13.0 Å².